The molecule has 1 atom stereocenters. The minimum atomic E-state index is -1.19. The molecule has 0 radical (unpaired) electrons. The van der Waals surface area contributed by atoms with Crippen LogP contribution in [-0.4, -0.2) is 23.0 Å². The van der Waals surface area contributed by atoms with E-state index in [9.17, 15) is 9.59 Å². The highest BCUT2D eigenvalue weighted by Crippen LogP contribution is 2.26. The summed E-state index contributed by atoms with van der Waals surface area (Å²) in [6, 6.07) is 3.86. The molecule has 0 aromatic heterocycles. The van der Waals surface area contributed by atoms with E-state index in [0.29, 0.717) is 15.6 Å². The number of hydrogen-bond donors (Lipinski definition) is 2. The van der Waals surface area contributed by atoms with Gasteiger partial charge in [0.25, 0.3) is 0 Å². The van der Waals surface area contributed by atoms with Gasteiger partial charge in [-0.15, -0.1) is 12.3 Å². The van der Waals surface area contributed by atoms with Crippen LogP contribution in [0.1, 0.15) is 12.0 Å². The molecule has 1 amide bonds. The summed E-state index contributed by atoms with van der Waals surface area (Å²) in [5.74, 6) is 0.417. The minimum absolute atomic E-state index is 0.0904. The molecule has 2 N–H and O–H groups in total. The molecule has 1 rings (SSSR count). The number of carboxylic acid groups (broad SMARTS) is 1. The smallest absolute Gasteiger partial charge is 0.327 e. The molecule has 0 aliphatic carbocycles. The number of carbonyl (C=O) groups excluding carboxylic acids is 1. The summed E-state index contributed by atoms with van der Waals surface area (Å²) in [6.45, 7) is 0. The van der Waals surface area contributed by atoms with Crippen molar-refractivity contribution in [2.45, 2.75) is 12.5 Å². The van der Waals surface area contributed by atoms with Gasteiger partial charge in [-0.2, -0.15) is 0 Å². The van der Waals surface area contributed by atoms with E-state index in [4.69, 9.17) is 34.7 Å². The fraction of sp³-hybridized carbons (Fsp3) is 0.143. The predicted octanol–water partition coefficient (Wildman–Crippen LogP) is 2.60. The number of halogens is 2. The van der Waals surface area contributed by atoms with E-state index in [1.165, 1.54) is 12.2 Å². The van der Waals surface area contributed by atoms with Crippen molar-refractivity contribution in [3.63, 3.8) is 0 Å². The molecule has 0 saturated carbocycles. The summed E-state index contributed by atoms with van der Waals surface area (Å²) < 4.78 is 0. The number of hydrogen-bond acceptors (Lipinski definition) is 2. The standard InChI is InChI=1S/C14H11Cl2NO3/c1-2-4-11(14(19)20)17-12(18)8-7-9-5-3-6-10(15)13(9)16/h1,3,5-8,11H,4H2,(H,17,18)(H,19,20)/b8-7+. The molecule has 0 spiro atoms. The average Bonchev–Trinajstić information content (AvgIpc) is 2.40. The molecule has 6 heteroatoms. The van der Waals surface area contributed by atoms with Crippen LogP contribution in [0.25, 0.3) is 6.08 Å². The molecule has 1 aromatic rings. The topological polar surface area (TPSA) is 66.4 Å². The van der Waals surface area contributed by atoms with E-state index >= 15 is 0 Å². The van der Waals surface area contributed by atoms with Crippen LogP contribution >= 0.6 is 23.2 Å². The maximum atomic E-state index is 11.6. The number of rotatable bonds is 5. The van der Waals surface area contributed by atoms with Gasteiger partial charge in [0.15, 0.2) is 0 Å². The fourth-order valence-corrected chi connectivity index (χ4v) is 1.72. The molecule has 0 bridgehead atoms. The van der Waals surface area contributed by atoms with E-state index in [2.05, 4.69) is 11.2 Å². The highest BCUT2D eigenvalue weighted by Gasteiger charge is 2.17. The third-order valence-corrected chi connectivity index (χ3v) is 3.17. The molecule has 1 unspecified atom stereocenters. The largest absolute Gasteiger partial charge is 0.480 e. The van der Waals surface area contributed by atoms with Gasteiger partial charge in [0.05, 0.1) is 10.0 Å². The van der Waals surface area contributed by atoms with E-state index in [1.54, 1.807) is 18.2 Å². The summed E-state index contributed by atoms with van der Waals surface area (Å²) in [5.41, 5.74) is 0.554. The molecule has 104 valence electrons. The van der Waals surface area contributed by atoms with Gasteiger partial charge in [-0.3, -0.25) is 4.79 Å². The predicted molar refractivity (Wildman–Crippen MR) is 78.5 cm³/mol. The van der Waals surface area contributed by atoms with Crippen molar-refractivity contribution in [1.29, 1.82) is 0 Å². The minimum Gasteiger partial charge on any atom is -0.480 e. The first-order valence-electron chi connectivity index (χ1n) is 5.54. The molecule has 0 saturated heterocycles. The van der Waals surface area contributed by atoms with E-state index in [1.807, 2.05) is 0 Å². The zero-order valence-corrected chi connectivity index (χ0v) is 11.8. The lowest BCUT2D eigenvalue weighted by atomic mass is 10.2. The van der Waals surface area contributed by atoms with Crippen molar-refractivity contribution in [1.82, 2.24) is 5.32 Å². The second kappa shape index (κ2) is 7.59. The van der Waals surface area contributed by atoms with Gasteiger partial charge in [-0.1, -0.05) is 35.3 Å². The van der Waals surface area contributed by atoms with Gasteiger partial charge in [0.2, 0.25) is 5.91 Å². The summed E-state index contributed by atoms with van der Waals surface area (Å²) >= 11 is 11.8. The highest BCUT2D eigenvalue weighted by molar-refractivity contribution is 6.42. The van der Waals surface area contributed by atoms with Crippen molar-refractivity contribution in [2.75, 3.05) is 0 Å². The first-order valence-corrected chi connectivity index (χ1v) is 6.30. The number of terminal acetylenes is 1. The van der Waals surface area contributed by atoms with E-state index in [-0.39, 0.29) is 6.42 Å². The average molecular weight is 312 g/mol. The maximum Gasteiger partial charge on any atom is 0.327 e. The van der Waals surface area contributed by atoms with Crippen LogP contribution in [0.4, 0.5) is 0 Å². The van der Waals surface area contributed by atoms with Crippen LogP contribution in [0.15, 0.2) is 24.3 Å². The van der Waals surface area contributed by atoms with Crippen LogP contribution in [0.2, 0.25) is 10.0 Å². The SMILES string of the molecule is C#CCC(NC(=O)/C=C/c1cccc(Cl)c1Cl)C(=O)O. The Morgan fingerprint density at radius 3 is 2.75 bits per heavy atom. The first-order chi connectivity index (χ1) is 9.45. The molecule has 20 heavy (non-hydrogen) atoms. The Balaban J connectivity index is 2.75. The molecule has 0 aliphatic heterocycles. The Morgan fingerprint density at radius 1 is 1.45 bits per heavy atom. The summed E-state index contributed by atoms with van der Waals surface area (Å²) in [6.07, 6.45) is 7.55. The number of carbonyl (C=O) groups is 2. The summed E-state index contributed by atoms with van der Waals surface area (Å²) in [5, 5.41) is 11.8. The third-order valence-electron chi connectivity index (χ3n) is 2.33. The fourth-order valence-electron chi connectivity index (χ4n) is 1.35. The zero-order valence-electron chi connectivity index (χ0n) is 10.3. The monoisotopic (exact) mass is 311 g/mol. The van der Waals surface area contributed by atoms with Gasteiger partial charge in [0.1, 0.15) is 6.04 Å². The van der Waals surface area contributed by atoms with Crippen molar-refractivity contribution in [2.24, 2.45) is 0 Å². The number of aliphatic carboxylic acids is 1. The Kier molecular flexibility index (Phi) is 6.10. The van der Waals surface area contributed by atoms with Crippen LogP contribution in [0.5, 0.6) is 0 Å². The lowest BCUT2D eigenvalue weighted by Crippen LogP contribution is -2.39. The van der Waals surface area contributed by atoms with Gasteiger partial charge < -0.3 is 10.4 Å². The molecule has 0 heterocycles. The van der Waals surface area contributed by atoms with Crippen LogP contribution in [0.3, 0.4) is 0 Å². The van der Waals surface area contributed by atoms with Crippen LogP contribution < -0.4 is 5.32 Å². The van der Waals surface area contributed by atoms with Crippen LogP contribution in [-0.2, 0) is 9.59 Å². The Bertz CT molecular complexity index is 591. The third kappa shape index (κ3) is 4.61. The summed E-state index contributed by atoms with van der Waals surface area (Å²) in [4.78, 5) is 22.4. The quantitative estimate of drug-likeness (QED) is 0.649. The Labute approximate surface area is 126 Å². The van der Waals surface area contributed by atoms with E-state index in [0.717, 1.165) is 0 Å². The zero-order chi connectivity index (χ0) is 15.1. The van der Waals surface area contributed by atoms with Gasteiger partial charge in [-0.25, -0.2) is 4.79 Å². The van der Waals surface area contributed by atoms with Crippen molar-refractivity contribution in [3.05, 3.63) is 39.9 Å². The van der Waals surface area contributed by atoms with Gasteiger partial charge in [0, 0.05) is 12.5 Å². The lowest BCUT2D eigenvalue weighted by Gasteiger charge is -2.09. The molecule has 4 nitrogen and oxygen atoms in total. The van der Waals surface area contributed by atoms with E-state index < -0.39 is 17.9 Å². The number of benzene rings is 1. The van der Waals surface area contributed by atoms with Crippen molar-refractivity contribution < 1.29 is 14.7 Å². The van der Waals surface area contributed by atoms with Crippen LogP contribution in [0, 0.1) is 12.3 Å². The van der Waals surface area contributed by atoms with Crippen molar-refractivity contribution in [3.8, 4) is 12.3 Å². The number of carboxylic acids is 1. The summed E-state index contributed by atoms with van der Waals surface area (Å²) in [7, 11) is 0. The molecular weight excluding hydrogens is 301 g/mol. The lowest BCUT2D eigenvalue weighted by molar-refractivity contribution is -0.141. The van der Waals surface area contributed by atoms with Gasteiger partial charge >= 0.3 is 5.97 Å². The number of nitrogens with one attached hydrogen (secondary N) is 1. The first kappa shape index (κ1) is 16.1. The number of amides is 1. The molecule has 0 aliphatic rings. The second-order valence-electron chi connectivity index (χ2n) is 3.78. The van der Waals surface area contributed by atoms with Crippen molar-refractivity contribution >= 4 is 41.2 Å². The maximum absolute atomic E-state index is 11.6. The normalized spacial score (nSPS) is 11.8. The Hall–Kier alpha value is -1.96. The molecular formula is C14H11Cl2NO3. The highest BCUT2D eigenvalue weighted by atomic mass is 35.5. The Morgan fingerprint density at radius 2 is 2.15 bits per heavy atom. The molecule has 1 aromatic carbocycles. The molecule has 0 fully saturated rings. The second-order valence-corrected chi connectivity index (χ2v) is 4.57. The van der Waals surface area contributed by atoms with Gasteiger partial charge in [-0.05, 0) is 17.7 Å².